The summed E-state index contributed by atoms with van der Waals surface area (Å²) in [6, 6.07) is 18.3. The average Bonchev–Trinajstić information content (AvgIpc) is 2.64. The van der Waals surface area contributed by atoms with E-state index in [1.54, 1.807) is 18.2 Å². The lowest BCUT2D eigenvalue weighted by Crippen LogP contribution is -2.14. The maximum Gasteiger partial charge on any atom is 0.261 e. The van der Waals surface area contributed by atoms with Gasteiger partial charge in [0.05, 0.1) is 10.5 Å². The summed E-state index contributed by atoms with van der Waals surface area (Å²) in [5.41, 5.74) is 1.66. The van der Waals surface area contributed by atoms with E-state index < -0.39 is 21.7 Å². The number of anilines is 2. The van der Waals surface area contributed by atoms with Gasteiger partial charge in [-0.1, -0.05) is 29.8 Å². The summed E-state index contributed by atoms with van der Waals surface area (Å²) in [7, 11) is -3.70. The third-order valence-corrected chi connectivity index (χ3v) is 5.24. The van der Waals surface area contributed by atoms with Crippen LogP contribution in [-0.2, 0) is 10.0 Å². The maximum absolute atomic E-state index is 13.6. The van der Waals surface area contributed by atoms with Gasteiger partial charge in [-0.2, -0.15) is 0 Å². The fourth-order valence-electron chi connectivity index (χ4n) is 2.40. The summed E-state index contributed by atoms with van der Waals surface area (Å²) in [6.07, 6.45) is 0. The van der Waals surface area contributed by atoms with Gasteiger partial charge < -0.3 is 5.32 Å². The first-order valence-corrected chi connectivity index (χ1v) is 9.59. The van der Waals surface area contributed by atoms with Crippen LogP contribution < -0.4 is 10.0 Å². The molecule has 0 aliphatic rings. The van der Waals surface area contributed by atoms with Crippen LogP contribution in [-0.4, -0.2) is 14.3 Å². The number of hydrogen-bond acceptors (Lipinski definition) is 3. The van der Waals surface area contributed by atoms with Gasteiger partial charge in [-0.05, 0) is 55.5 Å². The van der Waals surface area contributed by atoms with Crippen molar-refractivity contribution in [3.05, 3.63) is 89.7 Å². The molecule has 1 amide bonds. The highest BCUT2D eigenvalue weighted by Crippen LogP contribution is 2.19. The lowest BCUT2D eigenvalue weighted by Gasteiger charge is -2.10. The number of nitrogens with one attached hydrogen (secondary N) is 2. The molecule has 0 heterocycles. The Labute approximate surface area is 156 Å². The largest absolute Gasteiger partial charge is 0.322 e. The van der Waals surface area contributed by atoms with Gasteiger partial charge in [0.25, 0.3) is 15.9 Å². The van der Waals surface area contributed by atoms with E-state index >= 15 is 0 Å². The van der Waals surface area contributed by atoms with Crippen molar-refractivity contribution in [3.8, 4) is 0 Å². The van der Waals surface area contributed by atoms with E-state index in [1.807, 2.05) is 6.92 Å². The highest BCUT2D eigenvalue weighted by molar-refractivity contribution is 7.92. The Kier molecular flexibility index (Phi) is 5.23. The first kappa shape index (κ1) is 18.6. The van der Waals surface area contributed by atoms with Crippen LogP contribution in [0.2, 0.25) is 0 Å². The molecule has 0 bridgehead atoms. The second-order valence-corrected chi connectivity index (χ2v) is 7.61. The molecule has 138 valence electrons. The molecule has 0 saturated carbocycles. The van der Waals surface area contributed by atoms with Crippen LogP contribution >= 0.6 is 0 Å². The van der Waals surface area contributed by atoms with Crippen LogP contribution in [0.1, 0.15) is 15.9 Å². The quantitative estimate of drug-likeness (QED) is 0.693. The second-order valence-electron chi connectivity index (χ2n) is 5.93. The summed E-state index contributed by atoms with van der Waals surface area (Å²) in [6.45, 7) is 1.87. The summed E-state index contributed by atoms with van der Waals surface area (Å²) >= 11 is 0. The second kappa shape index (κ2) is 7.59. The van der Waals surface area contributed by atoms with Crippen LogP contribution in [0.25, 0.3) is 0 Å². The highest BCUT2D eigenvalue weighted by Gasteiger charge is 2.14. The van der Waals surface area contributed by atoms with Gasteiger partial charge in [0, 0.05) is 11.4 Å². The minimum atomic E-state index is -3.70. The number of halogens is 1. The van der Waals surface area contributed by atoms with Gasteiger partial charge in [-0.25, -0.2) is 12.8 Å². The molecule has 3 rings (SSSR count). The van der Waals surface area contributed by atoms with E-state index in [-0.39, 0.29) is 10.5 Å². The third-order valence-electron chi connectivity index (χ3n) is 3.84. The zero-order chi connectivity index (χ0) is 19.4. The Balaban J connectivity index is 1.71. The molecular formula is C20H17FN2O3S. The van der Waals surface area contributed by atoms with Gasteiger partial charge in [0.1, 0.15) is 5.82 Å². The molecule has 3 aromatic carbocycles. The van der Waals surface area contributed by atoms with Gasteiger partial charge in [-0.3, -0.25) is 9.52 Å². The standard InChI is InChI=1S/C20H17FN2O3S/c1-14-6-12-17(13-7-14)27(25,26)23-16-10-8-15(9-11-16)22-20(24)18-4-2-3-5-19(18)21/h2-13,23H,1H3,(H,22,24). The lowest BCUT2D eigenvalue weighted by atomic mass is 10.2. The third kappa shape index (κ3) is 4.51. The molecule has 0 aromatic heterocycles. The van der Waals surface area contributed by atoms with Gasteiger partial charge >= 0.3 is 0 Å². The van der Waals surface area contributed by atoms with Crippen molar-refractivity contribution in [2.45, 2.75) is 11.8 Å². The minimum absolute atomic E-state index is 0.0679. The molecule has 27 heavy (non-hydrogen) atoms. The Morgan fingerprint density at radius 1 is 0.852 bits per heavy atom. The van der Waals surface area contributed by atoms with Crippen molar-refractivity contribution < 1.29 is 17.6 Å². The Hall–Kier alpha value is -3.19. The van der Waals surface area contributed by atoms with Crippen molar-refractivity contribution in [2.24, 2.45) is 0 Å². The molecule has 0 spiro atoms. The van der Waals surface area contributed by atoms with E-state index in [1.165, 1.54) is 54.6 Å². The molecule has 3 aromatic rings. The Morgan fingerprint density at radius 3 is 2.07 bits per heavy atom. The molecular weight excluding hydrogens is 367 g/mol. The van der Waals surface area contributed by atoms with Crippen molar-refractivity contribution in [1.82, 2.24) is 0 Å². The fraction of sp³-hybridized carbons (Fsp3) is 0.0500. The first-order valence-electron chi connectivity index (χ1n) is 8.10. The van der Waals surface area contributed by atoms with Crippen LogP contribution in [0.15, 0.2) is 77.7 Å². The van der Waals surface area contributed by atoms with Gasteiger partial charge in [-0.15, -0.1) is 0 Å². The molecule has 0 unspecified atom stereocenters. The van der Waals surface area contributed by atoms with Crippen LogP contribution in [0.4, 0.5) is 15.8 Å². The SMILES string of the molecule is Cc1ccc(S(=O)(=O)Nc2ccc(NC(=O)c3ccccc3F)cc2)cc1. The van der Waals surface area contributed by atoms with Crippen LogP contribution in [0, 0.1) is 12.7 Å². The van der Waals surface area contributed by atoms with E-state index in [9.17, 15) is 17.6 Å². The fourth-order valence-corrected chi connectivity index (χ4v) is 3.46. The summed E-state index contributed by atoms with van der Waals surface area (Å²) in [5.74, 6) is -1.20. The number of amides is 1. The average molecular weight is 384 g/mol. The van der Waals surface area contributed by atoms with Crippen molar-refractivity contribution in [2.75, 3.05) is 10.0 Å². The molecule has 7 heteroatoms. The molecule has 0 aliphatic heterocycles. The number of carbonyl (C=O) groups excluding carboxylic acids is 1. The zero-order valence-corrected chi connectivity index (χ0v) is 15.3. The Morgan fingerprint density at radius 2 is 1.44 bits per heavy atom. The number of carbonyl (C=O) groups is 1. The van der Waals surface area contributed by atoms with Gasteiger partial charge in [0.2, 0.25) is 0 Å². The van der Waals surface area contributed by atoms with Crippen LogP contribution in [0.3, 0.4) is 0 Å². The predicted molar refractivity (Wildman–Crippen MR) is 103 cm³/mol. The molecule has 0 atom stereocenters. The van der Waals surface area contributed by atoms with Crippen LogP contribution in [0.5, 0.6) is 0 Å². The molecule has 0 radical (unpaired) electrons. The highest BCUT2D eigenvalue weighted by atomic mass is 32.2. The van der Waals surface area contributed by atoms with Crippen molar-refractivity contribution in [1.29, 1.82) is 0 Å². The summed E-state index contributed by atoms with van der Waals surface area (Å²) in [4.78, 5) is 12.3. The molecule has 0 saturated heterocycles. The smallest absolute Gasteiger partial charge is 0.261 e. The number of aryl methyl sites for hydroxylation is 1. The van der Waals surface area contributed by atoms with E-state index in [2.05, 4.69) is 10.0 Å². The summed E-state index contributed by atoms with van der Waals surface area (Å²) < 4.78 is 40.9. The monoisotopic (exact) mass is 384 g/mol. The lowest BCUT2D eigenvalue weighted by molar-refractivity contribution is 0.102. The maximum atomic E-state index is 13.6. The summed E-state index contributed by atoms with van der Waals surface area (Å²) in [5, 5.41) is 2.57. The molecule has 5 nitrogen and oxygen atoms in total. The first-order chi connectivity index (χ1) is 12.8. The van der Waals surface area contributed by atoms with E-state index in [0.29, 0.717) is 11.4 Å². The van der Waals surface area contributed by atoms with E-state index in [4.69, 9.17) is 0 Å². The molecule has 0 fully saturated rings. The molecule has 2 N–H and O–H groups in total. The normalized spacial score (nSPS) is 11.0. The number of benzene rings is 3. The predicted octanol–water partition coefficient (Wildman–Crippen LogP) is 4.19. The number of hydrogen-bond donors (Lipinski definition) is 2. The minimum Gasteiger partial charge on any atom is -0.322 e. The Bertz CT molecular complexity index is 1060. The number of rotatable bonds is 5. The molecule has 0 aliphatic carbocycles. The zero-order valence-electron chi connectivity index (χ0n) is 14.4. The van der Waals surface area contributed by atoms with E-state index in [0.717, 1.165) is 5.56 Å². The van der Waals surface area contributed by atoms with Gasteiger partial charge in [0.15, 0.2) is 0 Å². The van der Waals surface area contributed by atoms with Crippen molar-refractivity contribution in [3.63, 3.8) is 0 Å². The number of sulfonamides is 1. The topological polar surface area (TPSA) is 75.3 Å². The van der Waals surface area contributed by atoms with Crippen molar-refractivity contribution >= 4 is 27.3 Å².